The SMILES string of the molecule is O=C(N1CC(c2nc3ccccc3[nH]2)C1)C12CC3CC(CC(C3)C1)C2. The third kappa shape index (κ3) is 2.06. The van der Waals surface area contributed by atoms with Gasteiger partial charge in [0.1, 0.15) is 5.82 Å². The molecule has 5 fully saturated rings. The van der Waals surface area contributed by atoms with E-state index < -0.39 is 0 Å². The average Bonchev–Trinajstić information content (AvgIpc) is 2.95. The number of nitrogens with one attached hydrogen (secondary N) is 1. The Morgan fingerprint density at radius 2 is 1.68 bits per heavy atom. The van der Waals surface area contributed by atoms with E-state index in [1.165, 1.54) is 38.5 Å². The fraction of sp³-hybridized carbons (Fsp3) is 0.619. The first kappa shape index (κ1) is 14.3. The van der Waals surface area contributed by atoms with Gasteiger partial charge in [0.25, 0.3) is 0 Å². The van der Waals surface area contributed by atoms with E-state index in [4.69, 9.17) is 4.98 Å². The maximum absolute atomic E-state index is 13.3. The Labute approximate surface area is 148 Å². The standard InChI is InChI=1S/C21H25N3O/c25-20(21-8-13-5-14(9-21)7-15(6-13)10-21)24-11-16(12-24)19-22-17-3-1-2-4-18(17)23-19/h1-4,13-16H,5-12H2,(H,22,23). The van der Waals surface area contributed by atoms with Crippen LogP contribution in [0.25, 0.3) is 11.0 Å². The Hall–Kier alpha value is -1.84. The highest BCUT2D eigenvalue weighted by molar-refractivity contribution is 5.84. The van der Waals surface area contributed by atoms with Gasteiger partial charge in [0.05, 0.1) is 22.4 Å². The molecule has 4 nitrogen and oxygen atoms in total. The monoisotopic (exact) mass is 335 g/mol. The number of carbonyl (C=O) groups is 1. The smallest absolute Gasteiger partial charge is 0.228 e. The van der Waals surface area contributed by atoms with E-state index in [-0.39, 0.29) is 5.41 Å². The Morgan fingerprint density at radius 3 is 2.32 bits per heavy atom. The van der Waals surface area contributed by atoms with E-state index in [0.717, 1.165) is 47.7 Å². The number of amides is 1. The van der Waals surface area contributed by atoms with Crippen LogP contribution in [0.2, 0.25) is 0 Å². The molecule has 1 aromatic carbocycles. The fourth-order valence-corrected chi connectivity index (χ4v) is 6.69. The zero-order valence-corrected chi connectivity index (χ0v) is 14.6. The van der Waals surface area contributed by atoms with Crippen LogP contribution in [0.15, 0.2) is 24.3 Å². The fourth-order valence-electron chi connectivity index (χ4n) is 6.69. The van der Waals surface area contributed by atoms with E-state index in [2.05, 4.69) is 16.0 Å². The first-order chi connectivity index (χ1) is 12.2. The van der Waals surface area contributed by atoms with Crippen molar-refractivity contribution in [2.45, 2.75) is 44.4 Å². The van der Waals surface area contributed by atoms with Crippen molar-refractivity contribution >= 4 is 16.9 Å². The van der Waals surface area contributed by atoms with Crippen molar-refractivity contribution in [2.75, 3.05) is 13.1 Å². The second-order valence-corrected chi connectivity index (χ2v) is 9.24. The van der Waals surface area contributed by atoms with Crippen LogP contribution in [-0.2, 0) is 4.79 Å². The molecule has 4 heteroatoms. The van der Waals surface area contributed by atoms with E-state index in [1.54, 1.807) is 0 Å². The topological polar surface area (TPSA) is 49.0 Å². The third-order valence-electron chi connectivity index (χ3n) is 7.46. The van der Waals surface area contributed by atoms with Crippen LogP contribution in [0.1, 0.15) is 50.3 Å². The molecule has 0 unspecified atom stereocenters. The summed E-state index contributed by atoms with van der Waals surface area (Å²) < 4.78 is 0. The summed E-state index contributed by atoms with van der Waals surface area (Å²) in [5, 5.41) is 0. The molecule has 1 amide bonds. The molecule has 130 valence electrons. The van der Waals surface area contributed by atoms with Crippen LogP contribution >= 0.6 is 0 Å². The van der Waals surface area contributed by atoms with Gasteiger partial charge in [-0.15, -0.1) is 0 Å². The van der Waals surface area contributed by atoms with Crippen molar-refractivity contribution in [1.29, 1.82) is 0 Å². The molecule has 4 aliphatic carbocycles. The van der Waals surface area contributed by atoms with E-state index in [1.807, 2.05) is 18.2 Å². The molecule has 4 bridgehead atoms. The summed E-state index contributed by atoms with van der Waals surface area (Å²) in [6.07, 6.45) is 7.70. The summed E-state index contributed by atoms with van der Waals surface area (Å²) in [5.74, 6) is 4.41. The number of likely N-dealkylation sites (tertiary alicyclic amines) is 1. The zero-order valence-electron chi connectivity index (χ0n) is 14.6. The second-order valence-electron chi connectivity index (χ2n) is 9.24. The zero-order chi connectivity index (χ0) is 16.6. The summed E-state index contributed by atoms with van der Waals surface area (Å²) in [6, 6.07) is 8.18. The maximum atomic E-state index is 13.3. The Kier molecular flexibility index (Phi) is 2.79. The Morgan fingerprint density at radius 1 is 1.04 bits per heavy atom. The number of hydrogen-bond acceptors (Lipinski definition) is 2. The number of para-hydroxylation sites is 2. The Bertz CT molecular complexity index is 779. The second kappa shape index (κ2) is 4.87. The van der Waals surface area contributed by atoms with Crippen LogP contribution < -0.4 is 0 Å². The lowest BCUT2D eigenvalue weighted by Gasteiger charge is -2.57. The molecular formula is C21H25N3O. The van der Waals surface area contributed by atoms with E-state index >= 15 is 0 Å². The highest BCUT2D eigenvalue weighted by Gasteiger charge is 2.56. The number of imidazole rings is 1. The summed E-state index contributed by atoms with van der Waals surface area (Å²) >= 11 is 0. The van der Waals surface area contributed by atoms with Crippen LogP contribution in [0.4, 0.5) is 0 Å². The van der Waals surface area contributed by atoms with Crippen molar-refractivity contribution in [1.82, 2.24) is 14.9 Å². The van der Waals surface area contributed by atoms with Gasteiger partial charge in [-0.25, -0.2) is 4.98 Å². The van der Waals surface area contributed by atoms with Crippen molar-refractivity contribution in [2.24, 2.45) is 23.2 Å². The van der Waals surface area contributed by atoms with Gasteiger partial charge in [-0.1, -0.05) is 12.1 Å². The number of benzene rings is 1. The van der Waals surface area contributed by atoms with Gasteiger partial charge in [0.15, 0.2) is 0 Å². The van der Waals surface area contributed by atoms with Crippen molar-refractivity contribution in [3.63, 3.8) is 0 Å². The number of aromatic amines is 1. The molecule has 5 aliphatic rings. The minimum Gasteiger partial charge on any atom is -0.342 e. The van der Waals surface area contributed by atoms with Crippen molar-refractivity contribution in [3.8, 4) is 0 Å². The number of H-pyrrole nitrogens is 1. The molecule has 7 rings (SSSR count). The van der Waals surface area contributed by atoms with Gasteiger partial charge < -0.3 is 9.88 Å². The molecule has 4 saturated carbocycles. The summed E-state index contributed by atoms with van der Waals surface area (Å²) in [5.41, 5.74) is 2.14. The molecule has 2 aromatic rings. The molecule has 1 aromatic heterocycles. The van der Waals surface area contributed by atoms with Crippen molar-refractivity contribution < 1.29 is 4.79 Å². The van der Waals surface area contributed by atoms with Crippen LogP contribution in [0.5, 0.6) is 0 Å². The van der Waals surface area contributed by atoms with Gasteiger partial charge >= 0.3 is 0 Å². The van der Waals surface area contributed by atoms with Gasteiger partial charge in [0, 0.05) is 13.1 Å². The lowest BCUT2D eigenvalue weighted by Crippen LogP contribution is -2.59. The molecule has 25 heavy (non-hydrogen) atoms. The third-order valence-corrected chi connectivity index (χ3v) is 7.46. The molecule has 0 atom stereocenters. The van der Waals surface area contributed by atoms with Gasteiger partial charge in [-0.2, -0.15) is 0 Å². The van der Waals surface area contributed by atoms with E-state index in [9.17, 15) is 4.79 Å². The van der Waals surface area contributed by atoms with E-state index in [0.29, 0.717) is 11.8 Å². The first-order valence-corrected chi connectivity index (χ1v) is 9.92. The largest absolute Gasteiger partial charge is 0.342 e. The highest BCUT2D eigenvalue weighted by Crippen LogP contribution is 2.60. The predicted octanol–water partition coefficient (Wildman–Crippen LogP) is 3.71. The van der Waals surface area contributed by atoms with Crippen LogP contribution in [-0.4, -0.2) is 33.9 Å². The first-order valence-electron chi connectivity index (χ1n) is 9.92. The number of aromatic nitrogens is 2. The van der Waals surface area contributed by atoms with Crippen LogP contribution in [0, 0.1) is 23.2 Å². The number of carbonyl (C=O) groups excluding carboxylic acids is 1. The number of nitrogens with zero attached hydrogens (tertiary/aromatic N) is 2. The van der Waals surface area contributed by atoms with Crippen LogP contribution in [0.3, 0.4) is 0 Å². The van der Waals surface area contributed by atoms with Crippen molar-refractivity contribution in [3.05, 3.63) is 30.1 Å². The number of hydrogen-bond donors (Lipinski definition) is 1. The summed E-state index contributed by atoms with van der Waals surface area (Å²) in [7, 11) is 0. The normalized spacial score (nSPS) is 36.8. The molecule has 0 radical (unpaired) electrons. The minimum absolute atomic E-state index is 0.00754. The summed E-state index contributed by atoms with van der Waals surface area (Å²) in [4.78, 5) is 23.6. The lowest BCUT2D eigenvalue weighted by molar-refractivity contribution is -0.162. The minimum atomic E-state index is 0.00754. The maximum Gasteiger partial charge on any atom is 0.228 e. The highest BCUT2D eigenvalue weighted by atomic mass is 16.2. The quantitative estimate of drug-likeness (QED) is 0.909. The molecule has 1 saturated heterocycles. The van der Waals surface area contributed by atoms with Gasteiger partial charge in [0.2, 0.25) is 5.91 Å². The average molecular weight is 335 g/mol. The molecule has 0 spiro atoms. The Balaban J connectivity index is 1.19. The molecule has 1 aliphatic heterocycles. The summed E-state index contributed by atoms with van der Waals surface area (Å²) in [6.45, 7) is 1.70. The number of rotatable bonds is 2. The molecule has 2 heterocycles. The lowest BCUT2D eigenvalue weighted by atomic mass is 9.49. The molecular weight excluding hydrogens is 310 g/mol. The predicted molar refractivity (Wildman–Crippen MR) is 96.0 cm³/mol. The molecule has 1 N–H and O–H groups in total. The van der Waals surface area contributed by atoms with Gasteiger partial charge in [-0.05, 0) is 68.4 Å². The number of fused-ring (bicyclic) bond motifs is 1. The van der Waals surface area contributed by atoms with Gasteiger partial charge in [-0.3, -0.25) is 4.79 Å².